The summed E-state index contributed by atoms with van der Waals surface area (Å²) >= 11 is 0. The van der Waals surface area contributed by atoms with Crippen LogP contribution in [0.1, 0.15) is 15.3 Å². The van der Waals surface area contributed by atoms with Gasteiger partial charge in [0.1, 0.15) is 0 Å². The van der Waals surface area contributed by atoms with E-state index in [0.29, 0.717) is 0 Å². The maximum Gasteiger partial charge on any atom is 2.00 e. The van der Waals surface area contributed by atoms with Gasteiger partial charge >= 0.3 is 23.1 Å². The van der Waals surface area contributed by atoms with Gasteiger partial charge in [0.15, 0.2) is 0 Å². The summed E-state index contributed by atoms with van der Waals surface area (Å²) in [7, 11) is 0. The maximum atomic E-state index is 2.16. The summed E-state index contributed by atoms with van der Waals surface area (Å²) in [6.07, 6.45) is 1.14. The molecule has 0 unspecified atom stereocenters. The Morgan fingerprint density at radius 2 is 1.70 bits per heavy atom. The Hall–Kier alpha value is 0.466. The van der Waals surface area contributed by atoms with Crippen LogP contribution in [0, 0.1) is 0 Å². The summed E-state index contributed by atoms with van der Waals surface area (Å²) in [6, 6.07) is 10.5. The first-order chi connectivity index (χ1) is 3.93. The molecule has 1 aromatic rings. The Bertz CT molecular complexity index is 158. The van der Waals surface area contributed by atoms with Gasteiger partial charge in [0, 0.05) is 0 Å². The Balaban J connectivity index is -0.0000000800. The second-order valence-corrected chi connectivity index (χ2v) is 1.84. The minimum atomic E-state index is 0. The Labute approximate surface area is 91.9 Å². The SMILES string of the molecule is Br.CCc1ccccc1.[H-].[H-].[Mg+2]. The molecule has 0 spiro atoms. The van der Waals surface area contributed by atoms with E-state index in [-0.39, 0.29) is 42.9 Å². The van der Waals surface area contributed by atoms with Crippen molar-refractivity contribution in [2.24, 2.45) is 0 Å². The second kappa shape index (κ2) is 7.57. The van der Waals surface area contributed by atoms with Gasteiger partial charge in [-0.05, 0) is 12.0 Å². The van der Waals surface area contributed by atoms with Crippen LogP contribution < -0.4 is 0 Å². The van der Waals surface area contributed by atoms with Crippen LogP contribution >= 0.6 is 17.0 Å². The van der Waals surface area contributed by atoms with Crippen LogP contribution in [0.4, 0.5) is 0 Å². The summed E-state index contributed by atoms with van der Waals surface area (Å²) in [5, 5.41) is 0. The molecule has 0 aliphatic heterocycles. The first-order valence-corrected chi connectivity index (χ1v) is 2.97. The normalized spacial score (nSPS) is 7.30. The van der Waals surface area contributed by atoms with Gasteiger partial charge in [0.2, 0.25) is 0 Å². The molecule has 0 saturated heterocycles. The van der Waals surface area contributed by atoms with Crippen LogP contribution in [0.15, 0.2) is 30.3 Å². The molecule has 1 rings (SSSR count). The van der Waals surface area contributed by atoms with E-state index in [1.165, 1.54) is 5.56 Å². The second-order valence-electron chi connectivity index (χ2n) is 1.84. The van der Waals surface area contributed by atoms with Crippen LogP contribution in [-0.2, 0) is 6.42 Å². The van der Waals surface area contributed by atoms with Crippen molar-refractivity contribution in [1.29, 1.82) is 0 Å². The van der Waals surface area contributed by atoms with Gasteiger partial charge in [-0.1, -0.05) is 37.3 Å². The average Bonchev–Trinajstić information content (AvgIpc) is 1.90. The molecule has 0 heterocycles. The molecule has 2 heteroatoms. The Kier molecular flexibility index (Phi) is 9.91. The minimum absolute atomic E-state index is 0. The van der Waals surface area contributed by atoms with Crippen molar-refractivity contribution in [3.05, 3.63) is 35.9 Å². The molecule has 54 valence electrons. The van der Waals surface area contributed by atoms with Crippen LogP contribution in [0.25, 0.3) is 0 Å². The van der Waals surface area contributed by atoms with Gasteiger partial charge in [-0.25, -0.2) is 0 Å². The van der Waals surface area contributed by atoms with Crippen LogP contribution in [0.2, 0.25) is 0 Å². The summed E-state index contributed by atoms with van der Waals surface area (Å²) < 4.78 is 0. The molecular weight excluding hydrogens is 200 g/mol. The molecule has 0 nitrogen and oxygen atoms in total. The summed E-state index contributed by atoms with van der Waals surface area (Å²) in [4.78, 5) is 0. The van der Waals surface area contributed by atoms with Crippen molar-refractivity contribution in [3.8, 4) is 0 Å². The Morgan fingerprint density at radius 1 is 1.20 bits per heavy atom. The van der Waals surface area contributed by atoms with E-state index in [0.717, 1.165) is 6.42 Å². The fourth-order valence-electron chi connectivity index (χ4n) is 0.714. The largest absolute Gasteiger partial charge is 2.00 e. The molecular formula is C8H13BrMg. The van der Waals surface area contributed by atoms with E-state index in [2.05, 4.69) is 31.2 Å². The summed E-state index contributed by atoms with van der Waals surface area (Å²) in [5.74, 6) is 0. The standard InChI is InChI=1S/C8H10.BrH.Mg.2H/c1-2-8-6-4-3-5-7-8;;;;/h3-7H,2H2,1H3;1H;;;/q;;+2;2*-1. The number of rotatable bonds is 1. The number of hydrogen-bond acceptors (Lipinski definition) is 0. The van der Waals surface area contributed by atoms with E-state index in [9.17, 15) is 0 Å². The molecule has 0 bridgehead atoms. The molecule has 0 saturated carbocycles. The Morgan fingerprint density at radius 3 is 2.00 bits per heavy atom. The predicted molar refractivity (Wildman–Crippen MR) is 54.1 cm³/mol. The molecule has 0 aromatic heterocycles. The minimum Gasteiger partial charge on any atom is -1.00 e. The molecule has 0 N–H and O–H groups in total. The fourth-order valence-corrected chi connectivity index (χ4v) is 0.714. The zero-order chi connectivity index (χ0) is 5.82. The smallest absolute Gasteiger partial charge is 1.00 e. The third kappa shape index (κ3) is 4.31. The quantitative estimate of drug-likeness (QED) is 0.629. The van der Waals surface area contributed by atoms with E-state index >= 15 is 0 Å². The molecule has 0 aliphatic rings. The molecule has 0 amide bonds. The van der Waals surface area contributed by atoms with Crippen LogP contribution in [0.5, 0.6) is 0 Å². The van der Waals surface area contributed by atoms with Gasteiger partial charge in [-0.3, -0.25) is 0 Å². The third-order valence-corrected chi connectivity index (χ3v) is 1.25. The predicted octanol–water partition coefficient (Wildman–Crippen LogP) is 2.67. The van der Waals surface area contributed by atoms with Gasteiger partial charge in [0.05, 0.1) is 0 Å². The van der Waals surface area contributed by atoms with E-state index in [4.69, 9.17) is 0 Å². The van der Waals surface area contributed by atoms with Crippen molar-refractivity contribution in [3.63, 3.8) is 0 Å². The molecule has 1 aromatic carbocycles. The number of aryl methyl sites for hydroxylation is 1. The van der Waals surface area contributed by atoms with Crippen molar-refractivity contribution in [1.82, 2.24) is 0 Å². The van der Waals surface area contributed by atoms with Gasteiger partial charge in [0.25, 0.3) is 0 Å². The zero-order valence-corrected chi connectivity index (χ0v) is 9.34. The topological polar surface area (TPSA) is 0 Å². The first kappa shape index (κ1) is 13.1. The van der Waals surface area contributed by atoms with E-state index in [1.54, 1.807) is 0 Å². The van der Waals surface area contributed by atoms with Gasteiger partial charge < -0.3 is 2.85 Å². The number of benzene rings is 1. The molecule has 0 aliphatic carbocycles. The fraction of sp³-hybridized carbons (Fsp3) is 0.250. The summed E-state index contributed by atoms with van der Waals surface area (Å²) in [5.41, 5.74) is 1.41. The van der Waals surface area contributed by atoms with Crippen molar-refractivity contribution in [2.75, 3.05) is 0 Å². The van der Waals surface area contributed by atoms with Gasteiger partial charge in [-0.15, -0.1) is 17.0 Å². The van der Waals surface area contributed by atoms with Gasteiger partial charge in [-0.2, -0.15) is 0 Å². The molecule has 0 radical (unpaired) electrons. The van der Waals surface area contributed by atoms with Crippen molar-refractivity contribution < 1.29 is 2.85 Å². The molecule has 10 heavy (non-hydrogen) atoms. The van der Waals surface area contributed by atoms with Crippen molar-refractivity contribution in [2.45, 2.75) is 13.3 Å². The third-order valence-electron chi connectivity index (χ3n) is 1.25. The molecule has 0 atom stereocenters. The number of hydrogen-bond donors (Lipinski definition) is 0. The average molecular weight is 213 g/mol. The number of halogens is 1. The van der Waals surface area contributed by atoms with E-state index < -0.39 is 0 Å². The van der Waals surface area contributed by atoms with Crippen LogP contribution in [0.3, 0.4) is 0 Å². The summed E-state index contributed by atoms with van der Waals surface area (Å²) in [6.45, 7) is 2.16. The molecule has 0 fully saturated rings. The zero-order valence-electron chi connectivity index (χ0n) is 8.21. The van der Waals surface area contributed by atoms with Crippen LogP contribution in [-0.4, -0.2) is 23.1 Å². The van der Waals surface area contributed by atoms with E-state index in [1.807, 2.05) is 6.07 Å². The maximum absolute atomic E-state index is 2.16. The monoisotopic (exact) mass is 212 g/mol. The first-order valence-electron chi connectivity index (χ1n) is 2.97. The van der Waals surface area contributed by atoms with Crippen molar-refractivity contribution >= 4 is 40.0 Å².